The average molecular weight is 450 g/mol. The van der Waals surface area contributed by atoms with Crippen LogP contribution >= 0.6 is 0 Å². The van der Waals surface area contributed by atoms with E-state index in [0.29, 0.717) is 0 Å². The van der Waals surface area contributed by atoms with Gasteiger partial charge in [-0.05, 0) is 69.0 Å². The van der Waals surface area contributed by atoms with E-state index >= 15 is 0 Å². The molecular weight excluding hydrogens is 416 g/mol. The van der Waals surface area contributed by atoms with Crippen LogP contribution in [0.5, 0.6) is 5.75 Å². The van der Waals surface area contributed by atoms with Gasteiger partial charge in [-0.15, -0.1) is 0 Å². The lowest BCUT2D eigenvalue weighted by atomic mass is 10.1. The van der Waals surface area contributed by atoms with Crippen molar-refractivity contribution in [2.75, 3.05) is 6.61 Å². The zero-order chi connectivity index (χ0) is 22.6. The molecule has 32 heavy (non-hydrogen) atoms. The zero-order valence-electron chi connectivity index (χ0n) is 19.2. The van der Waals surface area contributed by atoms with E-state index in [0.717, 1.165) is 42.6 Å². The largest absolute Gasteiger partial charge is 0.488 e. The Hall–Kier alpha value is -2.27. The average Bonchev–Trinajstić information content (AvgIpc) is 3.20. The number of rotatable bonds is 8. The first-order valence-corrected chi connectivity index (χ1v) is 12.6. The molecule has 0 aliphatic heterocycles. The molecule has 4 rings (SSSR count). The maximum atomic E-state index is 10.4. The van der Waals surface area contributed by atoms with Gasteiger partial charge in [0.15, 0.2) is 21.0 Å². The van der Waals surface area contributed by atoms with Gasteiger partial charge in [0.05, 0.1) is 16.5 Å². The molecule has 1 atom stereocenters. The summed E-state index contributed by atoms with van der Waals surface area (Å²) < 4.78 is 12.0. The maximum Gasteiger partial charge on any atom is 0.189 e. The third-order valence-electron chi connectivity index (χ3n) is 6.08. The van der Waals surface area contributed by atoms with Crippen molar-refractivity contribution in [1.29, 1.82) is 0 Å². The van der Waals surface area contributed by atoms with Gasteiger partial charge in [-0.2, -0.15) is 0 Å². The van der Waals surface area contributed by atoms with Gasteiger partial charge in [0.25, 0.3) is 0 Å². The van der Waals surface area contributed by atoms with Crippen LogP contribution in [-0.4, -0.2) is 23.6 Å². The molecule has 1 N–H and O–H groups in total. The summed E-state index contributed by atoms with van der Waals surface area (Å²) in [6.45, 7) is 6.38. The van der Waals surface area contributed by atoms with Crippen molar-refractivity contribution < 1.29 is 14.6 Å². The van der Waals surface area contributed by atoms with Gasteiger partial charge in [0, 0.05) is 12.1 Å². The summed E-state index contributed by atoms with van der Waals surface area (Å²) in [6.07, 6.45) is 3.40. The fraction of sp³-hybridized carbons (Fsp3) is 0.357. The van der Waals surface area contributed by atoms with Gasteiger partial charge in [-0.3, -0.25) is 0 Å². The Morgan fingerprint density at radius 3 is 1.84 bits per heavy atom. The van der Waals surface area contributed by atoms with Gasteiger partial charge in [0.2, 0.25) is 0 Å². The molecule has 1 aliphatic carbocycles. The number of hydrogen-bond acceptors (Lipinski definition) is 3. The Morgan fingerprint density at radius 2 is 1.34 bits per heavy atom. The molecule has 0 saturated heterocycles. The summed E-state index contributed by atoms with van der Waals surface area (Å²) in [5, 5.41) is 10.4. The van der Waals surface area contributed by atoms with Crippen LogP contribution in [0.2, 0.25) is 0 Å². The summed E-state index contributed by atoms with van der Waals surface area (Å²) in [4.78, 5) is 3.85. The van der Waals surface area contributed by atoms with E-state index in [-0.39, 0.29) is 23.1 Å². The van der Waals surface area contributed by atoms with Crippen LogP contribution in [0.1, 0.15) is 43.7 Å². The monoisotopic (exact) mass is 449 g/mol. The lowest BCUT2D eigenvalue weighted by molar-refractivity contribution is -0.188. The van der Waals surface area contributed by atoms with Crippen molar-refractivity contribution in [1.82, 2.24) is 0 Å². The number of benzene rings is 3. The lowest BCUT2D eigenvalue weighted by Crippen LogP contribution is -2.34. The first-order valence-electron chi connectivity index (χ1n) is 11.4. The van der Waals surface area contributed by atoms with E-state index in [1.165, 1.54) is 14.7 Å². The summed E-state index contributed by atoms with van der Waals surface area (Å²) in [5.41, 5.74) is 1.92. The molecule has 168 valence electrons. The van der Waals surface area contributed by atoms with Crippen molar-refractivity contribution in [2.24, 2.45) is 0 Å². The maximum absolute atomic E-state index is 10.4. The highest BCUT2D eigenvalue weighted by molar-refractivity contribution is 7.97. The van der Waals surface area contributed by atoms with Crippen LogP contribution in [0.25, 0.3) is 0 Å². The second-order valence-electron chi connectivity index (χ2n) is 8.86. The molecule has 1 saturated carbocycles. The Morgan fingerprint density at radius 1 is 0.844 bits per heavy atom. The minimum Gasteiger partial charge on any atom is -0.488 e. The highest BCUT2D eigenvalue weighted by Crippen LogP contribution is 2.36. The highest BCUT2D eigenvalue weighted by Gasteiger charge is 2.33. The minimum absolute atomic E-state index is 0.139. The predicted octanol–water partition coefficient (Wildman–Crippen LogP) is 6.45. The predicted molar refractivity (Wildman–Crippen MR) is 130 cm³/mol. The first-order chi connectivity index (χ1) is 15.5. The molecule has 1 aliphatic rings. The van der Waals surface area contributed by atoms with Gasteiger partial charge in [-0.1, -0.05) is 49.2 Å². The number of ether oxygens (including phenoxy) is 2. The van der Waals surface area contributed by atoms with Crippen LogP contribution in [0.4, 0.5) is 0 Å². The Balaban J connectivity index is 1.55. The van der Waals surface area contributed by atoms with E-state index in [9.17, 15) is 5.11 Å². The molecule has 3 nitrogen and oxygen atoms in total. The lowest BCUT2D eigenvalue weighted by Gasteiger charge is -2.28. The van der Waals surface area contributed by atoms with Gasteiger partial charge >= 0.3 is 0 Å². The molecule has 4 heteroatoms. The number of aryl methyl sites for hydroxylation is 2. The SMILES string of the molecule is Cc1cc([S+](c2ccccc2)c2ccccc2)cc(C)c1OCC(O)OC1(C)CCCC1. The van der Waals surface area contributed by atoms with Crippen molar-refractivity contribution in [3.63, 3.8) is 0 Å². The smallest absolute Gasteiger partial charge is 0.189 e. The molecule has 0 heterocycles. The van der Waals surface area contributed by atoms with Crippen LogP contribution in [0.3, 0.4) is 0 Å². The second kappa shape index (κ2) is 10.1. The third-order valence-corrected chi connectivity index (χ3v) is 8.27. The van der Waals surface area contributed by atoms with Crippen molar-refractivity contribution in [3.05, 3.63) is 83.9 Å². The Bertz CT molecular complexity index is 951. The molecule has 0 aromatic heterocycles. The van der Waals surface area contributed by atoms with E-state index in [1.807, 2.05) is 0 Å². The Labute approximate surface area is 194 Å². The molecule has 3 aromatic rings. The Kier molecular flexibility index (Phi) is 7.24. The minimum atomic E-state index is -0.917. The molecular formula is C28H33O3S+. The molecule has 0 bridgehead atoms. The number of aliphatic hydroxyl groups excluding tert-OH is 1. The van der Waals surface area contributed by atoms with Crippen molar-refractivity contribution in [2.45, 2.75) is 73.0 Å². The number of hydrogen-bond donors (Lipinski definition) is 1. The highest BCUT2D eigenvalue weighted by atomic mass is 32.2. The van der Waals surface area contributed by atoms with E-state index < -0.39 is 6.29 Å². The second-order valence-corrected chi connectivity index (χ2v) is 10.9. The van der Waals surface area contributed by atoms with Crippen molar-refractivity contribution in [3.8, 4) is 5.75 Å². The van der Waals surface area contributed by atoms with E-state index in [4.69, 9.17) is 9.47 Å². The standard InChI is InChI=1S/C28H33O3S/c1-21-18-25(32(23-12-6-4-7-13-23)24-14-8-5-9-15-24)19-22(2)27(21)30-20-26(29)31-28(3)16-10-11-17-28/h4-9,12-15,18-19,26,29H,10-11,16-17,20H2,1-3H3/q+1. The number of aliphatic hydroxyl groups is 1. The normalized spacial score (nSPS) is 16.3. The quantitative estimate of drug-likeness (QED) is 0.317. The summed E-state index contributed by atoms with van der Waals surface area (Å²) in [5.74, 6) is 0.831. The first kappa shape index (κ1) is 22.9. The van der Waals surface area contributed by atoms with Gasteiger partial charge in [0.1, 0.15) is 12.4 Å². The molecule has 1 fully saturated rings. The molecule has 0 spiro atoms. The van der Waals surface area contributed by atoms with E-state index in [1.54, 1.807) is 0 Å². The van der Waals surface area contributed by atoms with Gasteiger partial charge < -0.3 is 14.6 Å². The molecule has 1 unspecified atom stereocenters. The van der Waals surface area contributed by atoms with Gasteiger partial charge in [-0.25, -0.2) is 0 Å². The zero-order valence-corrected chi connectivity index (χ0v) is 20.0. The van der Waals surface area contributed by atoms with Crippen LogP contribution in [0, 0.1) is 13.8 Å². The summed E-state index contributed by atoms with van der Waals surface area (Å²) >= 11 is 0. The molecule has 0 amide bonds. The fourth-order valence-electron chi connectivity index (χ4n) is 4.54. The van der Waals surface area contributed by atoms with Crippen LogP contribution in [0.15, 0.2) is 87.5 Å². The van der Waals surface area contributed by atoms with Crippen LogP contribution in [-0.2, 0) is 15.6 Å². The third kappa shape index (κ3) is 5.37. The van der Waals surface area contributed by atoms with Crippen LogP contribution < -0.4 is 4.74 Å². The summed E-state index contributed by atoms with van der Waals surface area (Å²) in [6, 6.07) is 25.7. The molecule has 3 aromatic carbocycles. The molecule has 0 radical (unpaired) electrons. The summed E-state index contributed by atoms with van der Waals surface area (Å²) in [7, 11) is -0.195. The topological polar surface area (TPSA) is 38.7 Å². The van der Waals surface area contributed by atoms with E-state index in [2.05, 4.69) is 93.6 Å². The fourth-order valence-corrected chi connectivity index (χ4v) is 6.80. The van der Waals surface area contributed by atoms with Crippen molar-refractivity contribution >= 4 is 10.9 Å².